The predicted octanol–water partition coefficient (Wildman–Crippen LogP) is 3.56. The normalized spacial score (nSPS) is 17.5. The molecule has 1 atom stereocenters. The number of fused-ring (bicyclic) bond motifs is 3. The number of aliphatic imine (C=N–C) groups is 1. The molecule has 0 aliphatic carbocycles. The molecule has 2 aromatic rings. The molecular formula is C20H17NO4. The summed E-state index contributed by atoms with van der Waals surface area (Å²) in [6, 6.07) is 14.9. The monoisotopic (exact) mass is 335 g/mol. The van der Waals surface area contributed by atoms with Crippen LogP contribution in [-0.4, -0.2) is 25.4 Å². The zero-order chi connectivity index (χ0) is 17.4. The third-order valence-electron chi connectivity index (χ3n) is 4.27. The number of benzene rings is 2. The Morgan fingerprint density at radius 3 is 2.64 bits per heavy atom. The molecule has 25 heavy (non-hydrogen) atoms. The van der Waals surface area contributed by atoms with E-state index in [1.807, 2.05) is 48.5 Å². The zero-order valence-electron chi connectivity index (χ0n) is 14.0. The first-order chi connectivity index (χ1) is 12.2. The van der Waals surface area contributed by atoms with Crippen molar-refractivity contribution in [3.05, 3.63) is 65.4 Å². The SMILES string of the molecule is CCOC(=O)C1=NC2C(=C1c1ccc(OC)cc1)Oc1ccccc12. The van der Waals surface area contributed by atoms with Crippen molar-refractivity contribution in [2.24, 2.45) is 4.99 Å². The van der Waals surface area contributed by atoms with E-state index in [1.165, 1.54) is 0 Å². The summed E-state index contributed by atoms with van der Waals surface area (Å²) in [7, 11) is 1.62. The number of carbonyl (C=O) groups is 1. The molecule has 0 saturated heterocycles. The Labute approximate surface area is 145 Å². The Hall–Kier alpha value is -3.08. The van der Waals surface area contributed by atoms with Gasteiger partial charge in [0.05, 0.1) is 19.3 Å². The summed E-state index contributed by atoms with van der Waals surface area (Å²) in [5.41, 5.74) is 2.80. The Bertz CT molecular complexity index is 896. The second-order valence-corrected chi connectivity index (χ2v) is 5.71. The molecule has 0 bridgehead atoms. The first kappa shape index (κ1) is 15.4. The summed E-state index contributed by atoms with van der Waals surface area (Å²) in [6.45, 7) is 2.07. The fourth-order valence-corrected chi connectivity index (χ4v) is 3.13. The number of hydrogen-bond acceptors (Lipinski definition) is 5. The van der Waals surface area contributed by atoms with Gasteiger partial charge in [-0.05, 0) is 30.7 Å². The summed E-state index contributed by atoms with van der Waals surface area (Å²) in [4.78, 5) is 17.0. The maximum absolute atomic E-state index is 12.4. The lowest BCUT2D eigenvalue weighted by molar-refractivity contribution is -0.134. The van der Waals surface area contributed by atoms with Gasteiger partial charge in [-0.1, -0.05) is 30.3 Å². The van der Waals surface area contributed by atoms with Crippen molar-refractivity contribution in [3.63, 3.8) is 0 Å². The number of para-hydroxylation sites is 1. The second-order valence-electron chi connectivity index (χ2n) is 5.71. The van der Waals surface area contributed by atoms with Crippen LogP contribution in [0, 0.1) is 0 Å². The third-order valence-corrected chi connectivity index (χ3v) is 4.27. The van der Waals surface area contributed by atoms with Crippen LogP contribution in [0.25, 0.3) is 5.57 Å². The number of carbonyl (C=O) groups excluding carboxylic acids is 1. The topological polar surface area (TPSA) is 57.1 Å². The van der Waals surface area contributed by atoms with Crippen molar-refractivity contribution in [2.45, 2.75) is 13.0 Å². The molecule has 0 aromatic heterocycles. The summed E-state index contributed by atoms with van der Waals surface area (Å²) in [5.74, 6) is 1.76. The molecule has 2 aliphatic heterocycles. The van der Waals surface area contributed by atoms with Crippen LogP contribution in [0.3, 0.4) is 0 Å². The number of ether oxygens (including phenoxy) is 3. The van der Waals surface area contributed by atoms with Crippen LogP contribution in [0.2, 0.25) is 0 Å². The summed E-state index contributed by atoms with van der Waals surface area (Å²) >= 11 is 0. The number of methoxy groups -OCH3 is 1. The highest BCUT2D eigenvalue weighted by atomic mass is 16.5. The molecule has 2 heterocycles. The van der Waals surface area contributed by atoms with E-state index in [0.717, 1.165) is 22.6 Å². The predicted molar refractivity (Wildman–Crippen MR) is 93.8 cm³/mol. The third kappa shape index (κ3) is 2.48. The van der Waals surface area contributed by atoms with E-state index in [4.69, 9.17) is 14.2 Å². The van der Waals surface area contributed by atoms with E-state index < -0.39 is 5.97 Å². The molecule has 5 nitrogen and oxygen atoms in total. The lowest BCUT2D eigenvalue weighted by atomic mass is 9.99. The number of rotatable bonds is 4. The maximum atomic E-state index is 12.4. The van der Waals surface area contributed by atoms with Crippen LogP contribution in [0.5, 0.6) is 11.5 Å². The van der Waals surface area contributed by atoms with E-state index in [9.17, 15) is 4.79 Å². The van der Waals surface area contributed by atoms with Crippen molar-refractivity contribution in [1.82, 2.24) is 0 Å². The molecule has 0 N–H and O–H groups in total. The van der Waals surface area contributed by atoms with Crippen molar-refractivity contribution in [3.8, 4) is 11.5 Å². The van der Waals surface area contributed by atoms with Crippen LogP contribution in [0.1, 0.15) is 24.1 Å². The molecule has 0 spiro atoms. The van der Waals surface area contributed by atoms with Gasteiger partial charge < -0.3 is 14.2 Å². The highest BCUT2D eigenvalue weighted by Crippen LogP contribution is 2.48. The van der Waals surface area contributed by atoms with Crippen molar-refractivity contribution in [2.75, 3.05) is 13.7 Å². The van der Waals surface area contributed by atoms with E-state index in [-0.39, 0.29) is 6.04 Å². The molecule has 0 saturated carbocycles. The lowest BCUT2D eigenvalue weighted by Gasteiger charge is -2.10. The maximum Gasteiger partial charge on any atom is 0.357 e. The van der Waals surface area contributed by atoms with Gasteiger partial charge in [-0.3, -0.25) is 4.99 Å². The van der Waals surface area contributed by atoms with Crippen LogP contribution < -0.4 is 9.47 Å². The minimum atomic E-state index is -0.434. The van der Waals surface area contributed by atoms with Gasteiger partial charge in [0.15, 0.2) is 5.71 Å². The number of hydrogen-bond donors (Lipinski definition) is 0. The lowest BCUT2D eigenvalue weighted by Crippen LogP contribution is -2.18. The second kappa shape index (κ2) is 6.09. The molecule has 4 rings (SSSR count). The van der Waals surface area contributed by atoms with Crippen molar-refractivity contribution >= 4 is 17.3 Å². The smallest absolute Gasteiger partial charge is 0.357 e. The highest BCUT2D eigenvalue weighted by Gasteiger charge is 2.41. The van der Waals surface area contributed by atoms with Gasteiger partial charge in [-0.25, -0.2) is 4.79 Å². The van der Waals surface area contributed by atoms with Gasteiger partial charge in [-0.15, -0.1) is 0 Å². The first-order valence-corrected chi connectivity index (χ1v) is 8.13. The Kier molecular flexibility index (Phi) is 3.76. The summed E-state index contributed by atoms with van der Waals surface area (Å²) in [5, 5.41) is 0. The molecule has 126 valence electrons. The van der Waals surface area contributed by atoms with Gasteiger partial charge in [0, 0.05) is 5.56 Å². The summed E-state index contributed by atoms with van der Waals surface area (Å²) < 4.78 is 16.4. The number of esters is 1. The van der Waals surface area contributed by atoms with E-state index in [1.54, 1.807) is 14.0 Å². The molecule has 2 aromatic carbocycles. The molecule has 0 radical (unpaired) electrons. The van der Waals surface area contributed by atoms with E-state index in [0.29, 0.717) is 23.7 Å². The molecular weight excluding hydrogens is 318 g/mol. The molecule has 2 aliphatic rings. The van der Waals surface area contributed by atoms with E-state index in [2.05, 4.69) is 4.99 Å². The Morgan fingerprint density at radius 2 is 1.92 bits per heavy atom. The molecule has 1 unspecified atom stereocenters. The average molecular weight is 335 g/mol. The summed E-state index contributed by atoms with van der Waals surface area (Å²) in [6.07, 6.45) is 0. The van der Waals surface area contributed by atoms with Crippen LogP contribution in [0.15, 0.2) is 59.3 Å². The highest BCUT2D eigenvalue weighted by molar-refractivity contribution is 6.55. The van der Waals surface area contributed by atoms with Crippen LogP contribution in [0.4, 0.5) is 0 Å². The Morgan fingerprint density at radius 1 is 1.16 bits per heavy atom. The van der Waals surface area contributed by atoms with Gasteiger partial charge in [0.2, 0.25) is 0 Å². The minimum Gasteiger partial charge on any atom is -0.497 e. The van der Waals surface area contributed by atoms with Crippen LogP contribution in [-0.2, 0) is 9.53 Å². The Balaban J connectivity index is 1.83. The fourth-order valence-electron chi connectivity index (χ4n) is 3.13. The van der Waals surface area contributed by atoms with Crippen LogP contribution >= 0.6 is 0 Å². The van der Waals surface area contributed by atoms with Gasteiger partial charge in [0.1, 0.15) is 23.3 Å². The van der Waals surface area contributed by atoms with E-state index >= 15 is 0 Å². The van der Waals surface area contributed by atoms with Gasteiger partial charge in [-0.2, -0.15) is 0 Å². The van der Waals surface area contributed by atoms with Gasteiger partial charge >= 0.3 is 5.97 Å². The molecule has 0 amide bonds. The number of nitrogens with zero attached hydrogens (tertiary/aromatic N) is 1. The van der Waals surface area contributed by atoms with Crippen molar-refractivity contribution in [1.29, 1.82) is 0 Å². The molecule has 0 fully saturated rings. The fraction of sp³-hybridized carbons (Fsp3) is 0.200. The molecule has 5 heteroatoms. The zero-order valence-corrected chi connectivity index (χ0v) is 14.0. The minimum absolute atomic E-state index is 0.297. The standard InChI is InChI=1S/C20H17NO4/c1-3-24-20(22)18-16(12-8-10-13(23-2)11-9-12)19-17(21-18)14-6-4-5-7-15(14)25-19/h4-11,17H,3H2,1-2H3. The quantitative estimate of drug-likeness (QED) is 0.802. The average Bonchev–Trinajstić information content (AvgIpc) is 3.18. The first-order valence-electron chi connectivity index (χ1n) is 8.13. The van der Waals surface area contributed by atoms with Gasteiger partial charge in [0.25, 0.3) is 0 Å². The largest absolute Gasteiger partial charge is 0.497 e. The van der Waals surface area contributed by atoms with Crippen molar-refractivity contribution < 1.29 is 19.0 Å².